The summed E-state index contributed by atoms with van der Waals surface area (Å²) in [7, 11) is 0. The molecule has 4 aromatic rings. The number of aromatic nitrogens is 8. The summed E-state index contributed by atoms with van der Waals surface area (Å²) < 4.78 is 0. The van der Waals surface area contributed by atoms with E-state index in [9.17, 15) is 0 Å². The van der Waals surface area contributed by atoms with Gasteiger partial charge in [0.25, 0.3) is 0 Å². The number of nitrogens with one attached hydrogen (secondary N) is 2. The zero-order chi connectivity index (χ0) is 13.5. The van der Waals surface area contributed by atoms with Gasteiger partial charge < -0.3 is 9.97 Å². The summed E-state index contributed by atoms with van der Waals surface area (Å²) in [6.07, 6.45) is 4.58. The molecule has 2 N–H and O–H groups in total. The molecule has 0 fully saturated rings. The molecule has 0 saturated heterocycles. The zero-order valence-electron chi connectivity index (χ0n) is 9.70. The quantitative estimate of drug-likeness (QED) is 0.429. The van der Waals surface area contributed by atoms with Gasteiger partial charge in [0.15, 0.2) is 11.3 Å². The van der Waals surface area contributed by atoms with Gasteiger partial charge in [0.2, 0.25) is 5.28 Å². The Morgan fingerprint density at radius 2 is 1.60 bits per heavy atom. The fourth-order valence-corrected chi connectivity index (χ4v) is 2.90. The molecule has 98 valence electrons. The lowest BCUT2D eigenvalue weighted by molar-refractivity contribution is 1.06. The van der Waals surface area contributed by atoms with Gasteiger partial charge in [-0.15, -0.1) is 0 Å². The van der Waals surface area contributed by atoms with E-state index in [1.807, 2.05) is 0 Å². The van der Waals surface area contributed by atoms with Crippen LogP contribution in [0.1, 0.15) is 0 Å². The molecule has 0 aliphatic heterocycles. The SMILES string of the molecule is Clc1nc(Sc2ncnc3nc[nH]c23)c2[nH]cnc2n1. The highest BCUT2D eigenvalue weighted by Gasteiger charge is 2.14. The van der Waals surface area contributed by atoms with Crippen LogP contribution in [-0.2, 0) is 0 Å². The van der Waals surface area contributed by atoms with Gasteiger partial charge in [-0.25, -0.2) is 24.9 Å². The van der Waals surface area contributed by atoms with Crippen LogP contribution in [0.4, 0.5) is 0 Å². The second-order valence-electron chi connectivity index (χ2n) is 3.78. The third-order valence-electron chi connectivity index (χ3n) is 2.61. The van der Waals surface area contributed by atoms with E-state index in [-0.39, 0.29) is 5.28 Å². The van der Waals surface area contributed by atoms with Gasteiger partial charge in [0.05, 0.1) is 12.7 Å². The third kappa shape index (κ3) is 1.79. The normalized spacial score (nSPS) is 11.4. The van der Waals surface area contributed by atoms with E-state index in [0.717, 1.165) is 5.52 Å². The Bertz CT molecular complexity index is 916. The van der Waals surface area contributed by atoms with Gasteiger partial charge >= 0.3 is 0 Å². The highest BCUT2D eigenvalue weighted by Crippen LogP contribution is 2.32. The Balaban J connectivity index is 1.88. The van der Waals surface area contributed by atoms with Crippen molar-refractivity contribution in [1.29, 1.82) is 0 Å². The smallest absolute Gasteiger partial charge is 0.225 e. The van der Waals surface area contributed by atoms with Gasteiger partial charge in [0, 0.05) is 0 Å². The van der Waals surface area contributed by atoms with Crippen LogP contribution in [0.5, 0.6) is 0 Å². The number of hydrogen-bond donors (Lipinski definition) is 2. The zero-order valence-corrected chi connectivity index (χ0v) is 11.3. The first-order valence-corrected chi connectivity index (χ1v) is 6.69. The number of halogens is 1. The number of rotatable bonds is 2. The van der Waals surface area contributed by atoms with Crippen LogP contribution in [0.3, 0.4) is 0 Å². The van der Waals surface area contributed by atoms with Crippen molar-refractivity contribution in [1.82, 2.24) is 39.9 Å². The van der Waals surface area contributed by atoms with E-state index in [2.05, 4.69) is 39.9 Å². The first-order valence-electron chi connectivity index (χ1n) is 5.50. The van der Waals surface area contributed by atoms with Gasteiger partial charge in [-0.3, -0.25) is 0 Å². The molecule has 0 aromatic carbocycles. The number of aromatic amines is 2. The lowest BCUT2D eigenvalue weighted by Crippen LogP contribution is -1.91. The molecule has 0 aliphatic carbocycles. The lowest BCUT2D eigenvalue weighted by atomic mass is 10.6. The van der Waals surface area contributed by atoms with Crippen molar-refractivity contribution < 1.29 is 0 Å². The molecule has 0 radical (unpaired) electrons. The van der Waals surface area contributed by atoms with Gasteiger partial charge in [0.1, 0.15) is 27.4 Å². The van der Waals surface area contributed by atoms with Crippen LogP contribution in [0.25, 0.3) is 22.3 Å². The molecular weight excluding hydrogens is 300 g/mol. The summed E-state index contributed by atoms with van der Waals surface area (Å²) in [5, 5.41) is 1.49. The molecule has 0 amide bonds. The summed E-state index contributed by atoms with van der Waals surface area (Å²) >= 11 is 7.24. The minimum atomic E-state index is 0.141. The fourth-order valence-electron chi connectivity index (χ4n) is 1.77. The number of hydrogen-bond acceptors (Lipinski definition) is 7. The average molecular weight is 305 g/mol. The molecular formula is C10H5ClN8S. The lowest BCUT2D eigenvalue weighted by Gasteiger charge is -2.02. The minimum absolute atomic E-state index is 0.141. The minimum Gasteiger partial charge on any atom is -0.341 e. The van der Waals surface area contributed by atoms with Crippen molar-refractivity contribution >= 4 is 45.7 Å². The molecule has 0 spiro atoms. The first kappa shape index (κ1) is 11.6. The van der Waals surface area contributed by atoms with Crippen LogP contribution in [0, 0.1) is 0 Å². The highest BCUT2D eigenvalue weighted by atomic mass is 35.5. The molecule has 10 heteroatoms. The number of H-pyrrole nitrogens is 2. The van der Waals surface area contributed by atoms with Gasteiger partial charge in [-0.2, -0.15) is 4.98 Å². The Morgan fingerprint density at radius 3 is 2.45 bits per heavy atom. The van der Waals surface area contributed by atoms with Crippen LogP contribution >= 0.6 is 23.4 Å². The van der Waals surface area contributed by atoms with Gasteiger partial charge in [-0.05, 0) is 23.4 Å². The summed E-state index contributed by atoms with van der Waals surface area (Å²) in [6.45, 7) is 0. The first-order chi connectivity index (χ1) is 9.81. The van der Waals surface area contributed by atoms with Crippen molar-refractivity contribution in [3.8, 4) is 0 Å². The molecule has 0 unspecified atom stereocenters. The second kappa shape index (κ2) is 4.39. The summed E-state index contributed by atoms with van der Waals surface area (Å²) in [5.41, 5.74) is 2.58. The molecule has 0 saturated carbocycles. The maximum atomic E-state index is 5.90. The Hall–Kier alpha value is -2.26. The Labute approximate surface area is 120 Å². The van der Waals surface area contributed by atoms with Crippen molar-refractivity contribution in [2.24, 2.45) is 0 Å². The largest absolute Gasteiger partial charge is 0.341 e. The summed E-state index contributed by atoms with van der Waals surface area (Å²) in [6, 6.07) is 0. The highest BCUT2D eigenvalue weighted by molar-refractivity contribution is 7.99. The van der Waals surface area contributed by atoms with E-state index in [0.29, 0.717) is 26.9 Å². The van der Waals surface area contributed by atoms with E-state index >= 15 is 0 Å². The summed E-state index contributed by atoms with van der Waals surface area (Å²) in [5.74, 6) is 0. The maximum absolute atomic E-state index is 5.90. The number of imidazole rings is 2. The standard InChI is InChI=1S/C10H5ClN8S/c11-10-18-7-5(13-2-16-7)9(19-10)20-8-4-6(14-1-12-4)15-3-17-8/h1-3H,(H,12,14,15,17)(H,13,16,18,19). The van der Waals surface area contributed by atoms with Crippen molar-refractivity contribution in [3.63, 3.8) is 0 Å². The molecule has 4 aromatic heterocycles. The van der Waals surface area contributed by atoms with Crippen LogP contribution in [0.2, 0.25) is 5.28 Å². The maximum Gasteiger partial charge on any atom is 0.225 e. The predicted molar refractivity (Wildman–Crippen MR) is 72.5 cm³/mol. The Kier molecular flexibility index (Phi) is 2.54. The third-order valence-corrected chi connectivity index (χ3v) is 3.77. The molecule has 8 nitrogen and oxygen atoms in total. The molecule has 0 aliphatic rings. The monoisotopic (exact) mass is 304 g/mol. The van der Waals surface area contributed by atoms with Gasteiger partial charge in [-0.1, -0.05) is 0 Å². The van der Waals surface area contributed by atoms with E-state index < -0.39 is 0 Å². The van der Waals surface area contributed by atoms with Crippen molar-refractivity contribution in [3.05, 3.63) is 24.3 Å². The molecule has 4 rings (SSSR count). The van der Waals surface area contributed by atoms with E-state index in [4.69, 9.17) is 11.6 Å². The number of fused-ring (bicyclic) bond motifs is 2. The average Bonchev–Trinajstić information content (AvgIpc) is 3.06. The topological polar surface area (TPSA) is 109 Å². The second-order valence-corrected chi connectivity index (χ2v) is 5.10. The van der Waals surface area contributed by atoms with Crippen LogP contribution in [-0.4, -0.2) is 39.9 Å². The Morgan fingerprint density at radius 1 is 0.850 bits per heavy atom. The molecule has 0 atom stereocenters. The van der Waals surface area contributed by atoms with Crippen molar-refractivity contribution in [2.45, 2.75) is 10.1 Å². The van der Waals surface area contributed by atoms with E-state index in [1.54, 1.807) is 12.7 Å². The molecule has 20 heavy (non-hydrogen) atoms. The van der Waals surface area contributed by atoms with Crippen LogP contribution in [0.15, 0.2) is 29.0 Å². The van der Waals surface area contributed by atoms with Crippen LogP contribution < -0.4 is 0 Å². The number of nitrogens with zero attached hydrogens (tertiary/aromatic N) is 6. The molecule has 4 heterocycles. The predicted octanol–water partition coefficient (Wildman–Crippen LogP) is 1.82. The fraction of sp³-hybridized carbons (Fsp3) is 0. The summed E-state index contributed by atoms with van der Waals surface area (Å²) in [4.78, 5) is 30.7. The molecule has 0 bridgehead atoms. The van der Waals surface area contributed by atoms with Crippen molar-refractivity contribution in [2.75, 3.05) is 0 Å². The van der Waals surface area contributed by atoms with E-state index in [1.165, 1.54) is 18.1 Å².